The van der Waals surface area contributed by atoms with E-state index in [2.05, 4.69) is 20.5 Å². The molecule has 4 nitrogen and oxygen atoms in total. The van der Waals surface area contributed by atoms with Crippen LogP contribution in [-0.4, -0.2) is 5.16 Å². The Kier molecular flexibility index (Phi) is 1.13. The average Bonchev–Trinajstić information content (AvgIpc) is 1.98. The molecular formula is C3H3BrN2O2. The van der Waals surface area contributed by atoms with Crippen LogP contribution in [-0.2, 0) is 0 Å². The van der Waals surface area contributed by atoms with Gasteiger partial charge in [-0.05, 0) is 15.9 Å². The molecule has 1 aromatic rings. The first-order valence-electron chi connectivity index (χ1n) is 1.84. The molecule has 5 heteroatoms. The van der Waals surface area contributed by atoms with Crippen molar-refractivity contribution in [1.29, 1.82) is 0 Å². The summed E-state index contributed by atoms with van der Waals surface area (Å²) in [7, 11) is 0. The molecule has 0 saturated carbocycles. The van der Waals surface area contributed by atoms with E-state index in [1.807, 2.05) is 5.16 Å². The predicted octanol–water partition coefficient (Wildman–Crippen LogP) is 0.313. The van der Waals surface area contributed by atoms with Crippen LogP contribution in [0.1, 0.15) is 0 Å². The zero-order valence-corrected chi connectivity index (χ0v) is 5.36. The van der Waals surface area contributed by atoms with E-state index in [1.165, 1.54) is 0 Å². The van der Waals surface area contributed by atoms with Crippen LogP contribution in [0, 0.1) is 0 Å². The van der Waals surface area contributed by atoms with Gasteiger partial charge in [0.25, 0.3) is 5.56 Å². The number of nitrogens with one attached hydrogen (secondary N) is 1. The largest absolute Gasteiger partial charge is 0.367 e. The van der Waals surface area contributed by atoms with Crippen LogP contribution in [0.5, 0.6) is 0 Å². The minimum Gasteiger partial charge on any atom is -0.367 e. The third kappa shape index (κ3) is 0.645. The summed E-state index contributed by atoms with van der Waals surface area (Å²) in [4.78, 5) is 10.4. The van der Waals surface area contributed by atoms with Gasteiger partial charge >= 0.3 is 0 Å². The summed E-state index contributed by atoms with van der Waals surface area (Å²) in [5, 5.41) is 2.03. The van der Waals surface area contributed by atoms with Gasteiger partial charge in [-0.1, -0.05) is 0 Å². The number of aromatic nitrogens is 1. The maximum atomic E-state index is 10.4. The molecule has 0 spiro atoms. The van der Waals surface area contributed by atoms with Gasteiger partial charge in [-0.25, -0.2) is 0 Å². The molecule has 0 saturated heterocycles. The van der Waals surface area contributed by atoms with Gasteiger partial charge in [-0.15, -0.1) is 0 Å². The molecule has 0 fully saturated rings. The van der Waals surface area contributed by atoms with Crippen molar-refractivity contribution < 1.29 is 4.52 Å². The number of halogens is 1. The fourth-order valence-electron chi connectivity index (χ4n) is 0.303. The first kappa shape index (κ1) is 5.43. The van der Waals surface area contributed by atoms with Crippen LogP contribution in [0.25, 0.3) is 0 Å². The standard InChI is InChI=1S/C3H3BrN2O2/c4-1-2(5)8-6-3(1)7/h5H2,(H,6,7). The maximum Gasteiger partial charge on any atom is 0.296 e. The molecule has 0 amide bonds. The van der Waals surface area contributed by atoms with Gasteiger partial charge in [0.15, 0.2) is 0 Å². The summed E-state index contributed by atoms with van der Waals surface area (Å²) in [6.07, 6.45) is 0. The second kappa shape index (κ2) is 1.66. The Morgan fingerprint density at radius 1 is 1.75 bits per heavy atom. The molecule has 0 atom stereocenters. The van der Waals surface area contributed by atoms with E-state index in [9.17, 15) is 4.79 Å². The highest BCUT2D eigenvalue weighted by atomic mass is 79.9. The number of hydrogen-bond acceptors (Lipinski definition) is 3. The van der Waals surface area contributed by atoms with Crippen molar-refractivity contribution in [3.63, 3.8) is 0 Å². The molecule has 0 aromatic carbocycles. The number of hydrogen-bond donors (Lipinski definition) is 2. The zero-order chi connectivity index (χ0) is 6.15. The number of H-pyrrole nitrogens is 1. The van der Waals surface area contributed by atoms with E-state index in [1.54, 1.807) is 0 Å². The smallest absolute Gasteiger partial charge is 0.296 e. The summed E-state index contributed by atoms with van der Waals surface area (Å²) < 4.78 is 4.64. The lowest BCUT2D eigenvalue weighted by atomic mass is 10.7. The fraction of sp³-hybridized carbons (Fsp3) is 0. The molecule has 0 aliphatic rings. The van der Waals surface area contributed by atoms with Crippen molar-refractivity contribution in [1.82, 2.24) is 5.16 Å². The molecule has 1 heterocycles. The minimum atomic E-state index is -0.345. The highest BCUT2D eigenvalue weighted by molar-refractivity contribution is 9.10. The SMILES string of the molecule is Nc1o[nH]c(=O)c1Br. The predicted molar refractivity (Wildman–Crippen MR) is 31.4 cm³/mol. The molecule has 1 aromatic heterocycles. The van der Waals surface area contributed by atoms with Gasteiger partial charge in [0, 0.05) is 0 Å². The Labute approximate surface area is 52.8 Å². The van der Waals surface area contributed by atoms with E-state index in [-0.39, 0.29) is 15.9 Å². The first-order valence-corrected chi connectivity index (χ1v) is 2.63. The van der Waals surface area contributed by atoms with E-state index in [0.717, 1.165) is 0 Å². The normalized spacial score (nSPS) is 9.62. The van der Waals surface area contributed by atoms with Crippen LogP contribution in [0.3, 0.4) is 0 Å². The maximum absolute atomic E-state index is 10.4. The lowest BCUT2D eigenvalue weighted by molar-refractivity contribution is 0.430. The van der Waals surface area contributed by atoms with Gasteiger partial charge in [0.1, 0.15) is 4.47 Å². The van der Waals surface area contributed by atoms with Crippen LogP contribution < -0.4 is 11.3 Å². The van der Waals surface area contributed by atoms with Gasteiger partial charge in [-0.3, -0.25) is 4.79 Å². The second-order valence-electron chi connectivity index (χ2n) is 1.21. The first-order chi connectivity index (χ1) is 3.72. The highest BCUT2D eigenvalue weighted by Gasteiger charge is 2.02. The molecule has 3 N–H and O–H groups in total. The molecule has 0 aliphatic carbocycles. The minimum absolute atomic E-state index is 0.0787. The number of nitrogens with two attached hydrogens (primary N) is 1. The Bertz CT molecular complexity index is 238. The van der Waals surface area contributed by atoms with Gasteiger partial charge in [-0.2, -0.15) is 5.16 Å². The highest BCUT2D eigenvalue weighted by Crippen LogP contribution is 2.10. The van der Waals surface area contributed by atoms with Gasteiger partial charge < -0.3 is 10.3 Å². The fourth-order valence-corrected chi connectivity index (χ4v) is 0.465. The topological polar surface area (TPSA) is 72.0 Å². The van der Waals surface area contributed by atoms with Gasteiger partial charge in [0.2, 0.25) is 5.88 Å². The zero-order valence-electron chi connectivity index (χ0n) is 3.77. The monoisotopic (exact) mass is 178 g/mol. The molecule has 0 aliphatic heterocycles. The van der Waals surface area contributed by atoms with E-state index in [4.69, 9.17) is 5.73 Å². The molecular weight excluding hydrogens is 176 g/mol. The van der Waals surface area contributed by atoms with Crippen molar-refractivity contribution >= 4 is 21.8 Å². The van der Waals surface area contributed by atoms with Gasteiger partial charge in [0.05, 0.1) is 0 Å². The molecule has 0 radical (unpaired) electrons. The van der Waals surface area contributed by atoms with Crippen LogP contribution in [0.15, 0.2) is 13.8 Å². The van der Waals surface area contributed by atoms with Crippen LogP contribution in [0.2, 0.25) is 0 Å². The quantitative estimate of drug-likeness (QED) is 0.601. The third-order valence-corrected chi connectivity index (χ3v) is 1.42. The van der Waals surface area contributed by atoms with Crippen molar-refractivity contribution in [2.45, 2.75) is 0 Å². The Morgan fingerprint density at radius 2 is 2.38 bits per heavy atom. The summed E-state index contributed by atoms with van der Waals surface area (Å²) in [6.45, 7) is 0. The Morgan fingerprint density at radius 3 is 2.50 bits per heavy atom. The molecule has 0 unspecified atom stereocenters. The summed E-state index contributed by atoms with van der Waals surface area (Å²) >= 11 is 2.89. The van der Waals surface area contributed by atoms with Crippen LogP contribution in [0.4, 0.5) is 5.88 Å². The van der Waals surface area contributed by atoms with E-state index in [0.29, 0.717) is 0 Å². The summed E-state index contributed by atoms with van der Waals surface area (Å²) in [6, 6.07) is 0. The molecule has 44 valence electrons. The van der Waals surface area contributed by atoms with Crippen LogP contribution >= 0.6 is 15.9 Å². The average molecular weight is 179 g/mol. The molecule has 0 bridgehead atoms. The lowest BCUT2D eigenvalue weighted by Crippen LogP contribution is -1.97. The lowest BCUT2D eigenvalue weighted by Gasteiger charge is -1.74. The van der Waals surface area contributed by atoms with Crippen molar-refractivity contribution in [3.05, 3.63) is 14.8 Å². The molecule has 8 heavy (non-hydrogen) atoms. The third-order valence-electron chi connectivity index (χ3n) is 0.669. The van der Waals surface area contributed by atoms with E-state index < -0.39 is 0 Å². The van der Waals surface area contributed by atoms with Crippen molar-refractivity contribution in [2.24, 2.45) is 0 Å². The summed E-state index contributed by atoms with van der Waals surface area (Å²) in [5.41, 5.74) is 4.75. The van der Waals surface area contributed by atoms with Crippen molar-refractivity contribution in [3.8, 4) is 0 Å². The number of rotatable bonds is 0. The second-order valence-corrected chi connectivity index (χ2v) is 2.00. The summed E-state index contributed by atoms with van der Waals surface area (Å²) in [5.74, 6) is 0.0787. The van der Waals surface area contributed by atoms with E-state index >= 15 is 0 Å². The number of aromatic amines is 1. The Hall–Kier alpha value is -0.710. The number of nitrogen functional groups attached to an aromatic ring is 1. The Balaban J connectivity index is 3.41. The number of anilines is 1. The molecule has 1 rings (SSSR count). The van der Waals surface area contributed by atoms with Crippen molar-refractivity contribution in [2.75, 3.05) is 5.73 Å².